The maximum atomic E-state index is 12.6. The van der Waals surface area contributed by atoms with E-state index in [9.17, 15) is 4.79 Å². The summed E-state index contributed by atoms with van der Waals surface area (Å²) in [7, 11) is 0. The number of likely N-dealkylation sites (tertiary alicyclic amines) is 1. The number of hydrogen-bond acceptors (Lipinski definition) is 4. The first-order valence-corrected chi connectivity index (χ1v) is 8.37. The highest BCUT2D eigenvalue weighted by atomic mass is 32.1. The predicted octanol–water partition coefficient (Wildman–Crippen LogP) is 3.21. The van der Waals surface area contributed by atoms with Crippen LogP contribution in [-0.4, -0.2) is 33.5 Å². The van der Waals surface area contributed by atoms with Gasteiger partial charge in [-0.3, -0.25) is 4.79 Å². The first kappa shape index (κ1) is 13.7. The highest BCUT2D eigenvalue weighted by Gasteiger charge is 2.26. The summed E-state index contributed by atoms with van der Waals surface area (Å²) in [5, 5.41) is 4.10. The molecule has 1 saturated heterocycles. The Morgan fingerprint density at radius 1 is 1.20 bits per heavy atom. The van der Waals surface area contributed by atoms with E-state index in [0.29, 0.717) is 0 Å². The molecule has 108 valence electrons. The van der Waals surface area contributed by atoms with Crippen LogP contribution in [0.4, 0.5) is 0 Å². The molecule has 3 rings (SSSR count). The molecular formula is C15H21N3OS. The van der Waals surface area contributed by atoms with Crippen LogP contribution in [0, 0.1) is 0 Å². The molecule has 0 unspecified atom stereocenters. The Hall–Kier alpha value is -1.23. The molecular weight excluding hydrogens is 270 g/mol. The second kappa shape index (κ2) is 6.04. The molecule has 1 aromatic heterocycles. The molecule has 1 saturated carbocycles. The topological polar surface area (TPSA) is 46.1 Å². The number of allylic oxidation sites excluding steroid dienone is 1. The van der Waals surface area contributed by atoms with Gasteiger partial charge in [0.05, 0.1) is 5.69 Å². The maximum absolute atomic E-state index is 12.6. The number of rotatable bonds is 3. The third-order valence-corrected chi connectivity index (χ3v) is 5.10. The second-order valence-corrected chi connectivity index (χ2v) is 6.41. The molecule has 2 fully saturated rings. The minimum Gasteiger partial charge on any atom is -0.337 e. The van der Waals surface area contributed by atoms with E-state index in [4.69, 9.17) is 0 Å². The van der Waals surface area contributed by atoms with Gasteiger partial charge in [0.15, 0.2) is 0 Å². The second-order valence-electron chi connectivity index (χ2n) is 5.65. The highest BCUT2D eigenvalue weighted by Crippen LogP contribution is 2.33. The van der Waals surface area contributed by atoms with Crippen molar-refractivity contribution in [2.45, 2.75) is 51.9 Å². The van der Waals surface area contributed by atoms with E-state index < -0.39 is 0 Å². The van der Waals surface area contributed by atoms with Crippen LogP contribution in [0.2, 0.25) is 0 Å². The Bertz CT molecular complexity index is 519. The lowest BCUT2D eigenvalue weighted by molar-refractivity contribution is 0.0746. The largest absolute Gasteiger partial charge is 0.337 e. The number of amides is 1. The average molecular weight is 291 g/mol. The van der Waals surface area contributed by atoms with Gasteiger partial charge < -0.3 is 4.90 Å². The summed E-state index contributed by atoms with van der Waals surface area (Å²) < 4.78 is 3.96. The third-order valence-electron chi connectivity index (χ3n) is 4.35. The van der Waals surface area contributed by atoms with Crippen LogP contribution in [0.5, 0.6) is 0 Å². The minimum absolute atomic E-state index is 0.140. The Kier molecular flexibility index (Phi) is 4.15. The van der Waals surface area contributed by atoms with Gasteiger partial charge in [-0.25, -0.2) is 0 Å². The number of piperidine rings is 1. The highest BCUT2D eigenvalue weighted by molar-refractivity contribution is 7.08. The van der Waals surface area contributed by atoms with Crippen molar-refractivity contribution in [2.24, 2.45) is 0 Å². The molecule has 2 heterocycles. The summed E-state index contributed by atoms with van der Waals surface area (Å²) in [5.41, 5.74) is 4.17. The first-order valence-electron chi connectivity index (χ1n) is 7.60. The van der Waals surface area contributed by atoms with Crippen LogP contribution in [0.1, 0.15) is 60.8 Å². The predicted molar refractivity (Wildman–Crippen MR) is 79.9 cm³/mol. The van der Waals surface area contributed by atoms with Crippen molar-refractivity contribution in [2.75, 3.05) is 13.1 Å². The summed E-state index contributed by atoms with van der Waals surface area (Å²) in [4.78, 5) is 15.3. The van der Waals surface area contributed by atoms with Crippen molar-refractivity contribution in [3.05, 3.63) is 21.7 Å². The lowest BCUT2D eigenvalue weighted by Crippen LogP contribution is -2.36. The van der Waals surface area contributed by atoms with Gasteiger partial charge >= 0.3 is 0 Å². The van der Waals surface area contributed by atoms with Crippen molar-refractivity contribution in [3.8, 4) is 0 Å². The number of hydrogen-bond donors (Lipinski definition) is 0. The van der Waals surface area contributed by atoms with E-state index in [-0.39, 0.29) is 5.91 Å². The number of aryl methyl sites for hydroxylation is 1. The van der Waals surface area contributed by atoms with Crippen LogP contribution in [0.15, 0.2) is 11.1 Å². The average Bonchev–Trinajstić information content (AvgIpc) is 2.86. The molecule has 1 aromatic rings. The van der Waals surface area contributed by atoms with Gasteiger partial charge in [-0.2, -0.15) is 0 Å². The number of carbonyl (C=O) groups is 1. The van der Waals surface area contributed by atoms with E-state index in [1.165, 1.54) is 30.8 Å². The summed E-state index contributed by atoms with van der Waals surface area (Å²) in [6.07, 6.45) is 7.93. The summed E-state index contributed by atoms with van der Waals surface area (Å²) in [6, 6.07) is 0. The fourth-order valence-electron chi connectivity index (χ4n) is 2.96. The maximum Gasteiger partial charge on any atom is 0.267 e. The van der Waals surface area contributed by atoms with Crippen molar-refractivity contribution in [3.63, 3.8) is 0 Å². The molecule has 20 heavy (non-hydrogen) atoms. The zero-order valence-corrected chi connectivity index (χ0v) is 12.8. The molecule has 1 aliphatic heterocycles. The summed E-state index contributed by atoms with van der Waals surface area (Å²) in [5.74, 6) is 0.140. The summed E-state index contributed by atoms with van der Waals surface area (Å²) >= 11 is 1.25. The Morgan fingerprint density at radius 2 is 1.90 bits per heavy atom. The van der Waals surface area contributed by atoms with Crippen LogP contribution in [0.3, 0.4) is 0 Å². The van der Waals surface area contributed by atoms with Gasteiger partial charge in [-0.1, -0.05) is 29.0 Å². The van der Waals surface area contributed by atoms with Crippen molar-refractivity contribution in [1.29, 1.82) is 0 Å². The van der Waals surface area contributed by atoms with E-state index in [1.54, 1.807) is 11.1 Å². The molecule has 0 radical (unpaired) electrons. The lowest BCUT2D eigenvalue weighted by Gasteiger charge is -2.32. The minimum atomic E-state index is 0.140. The SMILES string of the molecule is CCCc1nnsc1C(=O)N1CCC(=C2CCC2)CC1. The third kappa shape index (κ3) is 2.64. The smallest absolute Gasteiger partial charge is 0.267 e. The Morgan fingerprint density at radius 3 is 2.50 bits per heavy atom. The molecule has 4 nitrogen and oxygen atoms in total. The van der Waals surface area contributed by atoms with Crippen molar-refractivity contribution < 1.29 is 4.79 Å². The Labute approximate surface area is 124 Å². The molecule has 0 spiro atoms. The Balaban J connectivity index is 1.65. The molecule has 2 aliphatic rings. The van der Waals surface area contributed by atoms with Crippen molar-refractivity contribution in [1.82, 2.24) is 14.5 Å². The van der Waals surface area contributed by atoms with Gasteiger partial charge in [0.2, 0.25) is 0 Å². The van der Waals surface area contributed by atoms with Crippen LogP contribution >= 0.6 is 11.5 Å². The lowest BCUT2D eigenvalue weighted by atomic mass is 9.84. The van der Waals surface area contributed by atoms with Crippen LogP contribution < -0.4 is 0 Å². The van der Waals surface area contributed by atoms with Crippen LogP contribution in [0.25, 0.3) is 0 Å². The fourth-order valence-corrected chi connectivity index (χ4v) is 3.63. The normalized spacial score (nSPS) is 19.1. The molecule has 0 N–H and O–H groups in total. The molecule has 5 heteroatoms. The summed E-state index contributed by atoms with van der Waals surface area (Å²) in [6.45, 7) is 3.83. The van der Waals surface area contributed by atoms with E-state index in [0.717, 1.165) is 49.3 Å². The van der Waals surface area contributed by atoms with Gasteiger partial charge in [-0.05, 0) is 50.1 Å². The monoisotopic (exact) mass is 291 g/mol. The van der Waals surface area contributed by atoms with Gasteiger partial charge in [-0.15, -0.1) is 5.10 Å². The molecule has 0 atom stereocenters. The van der Waals surface area contributed by atoms with E-state index in [1.807, 2.05) is 4.90 Å². The molecule has 1 amide bonds. The fraction of sp³-hybridized carbons (Fsp3) is 0.667. The van der Waals surface area contributed by atoms with Crippen LogP contribution in [-0.2, 0) is 6.42 Å². The van der Waals surface area contributed by atoms with E-state index >= 15 is 0 Å². The number of aromatic nitrogens is 2. The zero-order valence-electron chi connectivity index (χ0n) is 12.0. The van der Waals surface area contributed by atoms with E-state index in [2.05, 4.69) is 16.5 Å². The molecule has 1 aliphatic carbocycles. The molecule has 0 bridgehead atoms. The molecule has 0 aromatic carbocycles. The standard InChI is InChI=1S/C15H21N3OS/c1-2-4-13-14(20-17-16-13)15(19)18-9-7-12(8-10-18)11-5-3-6-11/h2-10H2,1H3. The first-order chi connectivity index (χ1) is 9.79. The van der Waals surface area contributed by atoms with Gasteiger partial charge in [0.1, 0.15) is 4.88 Å². The quantitative estimate of drug-likeness (QED) is 0.803. The zero-order chi connectivity index (χ0) is 13.9. The number of nitrogens with zero attached hydrogens (tertiary/aromatic N) is 3. The van der Waals surface area contributed by atoms with Gasteiger partial charge in [0.25, 0.3) is 5.91 Å². The number of carbonyl (C=O) groups excluding carboxylic acids is 1. The van der Waals surface area contributed by atoms with Gasteiger partial charge in [0, 0.05) is 13.1 Å². The van der Waals surface area contributed by atoms with Crippen molar-refractivity contribution >= 4 is 17.4 Å².